The lowest BCUT2D eigenvalue weighted by Gasteiger charge is -2.17. The predicted octanol–water partition coefficient (Wildman–Crippen LogP) is 4.75. The van der Waals surface area contributed by atoms with E-state index in [1.165, 1.54) is 0 Å². The first kappa shape index (κ1) is 21.8. The van der Waals surface area contributed by atoms with Crippen LogP contribution in [0.25, 0.3) is 33.3 Å². The Labute approximate surface area is 206 Å². The van der Waals surface area contributed by atoms with Crippen molar-refractivity contribution in [1.82, 2.24) is 19.9 Å². The number of carbonyl (C=O) groups is 1. The van der Waals surface area contributed by atoms with Gasteiger partial charge in [0.2, 0.25) is 17.7 Å². The van der Waals surface area contributed by atoms with Crippen LogP contribution in [0.1, 0.15) is 12.8 Å². The minimum absolute atomic E-state index is 0.0152. The zero-order valence-corrected chi connectivity index (χ0v) is 19.8. The Morgan fingerprint density at radius 1 is 1.03 bits per heavy atom. The molecule has 5 aromatic rings. The molecule has 1 aliphatic heterocycles. The quantitative estimate of drug-likeness (QED) is 0.349. The number of oxazole rings is 1. The van der Waals surface area contributed by atoms with E-state index in [1.54, 1.807) is 30.4 Å². The van der Waals surface area contributed by atoms with Crippen LogP contribution in [-0.4, -0.2) is 46.5 Å². The SMILES string of the molecule is CNc1ncc2c3cc(ncc13)Nc1cccc(n1)OCCCC(=O)N(C)c1ccc3oc-2nc3c1. The van der Waals surface area contributed by atoms with Crippen LogP contribution < -0.4 is 20.3 Å². The molecule has 0 unspecified atom stereocenters. The van der Waals surface area contributed by atoms with Gasteiger partial charge in [-0.15, -0.1) is 0 Å². The third kappa shape index (κ3) is 3.92. The topological polar surface area (TPSA) is 118 Å². The molecule has 0 saturated carbocycles. The van der Waals surface area contributed by atoms with Gasteiger partial charge in [0.1, 0.15) is 23.0 Å². The summed E-state index contributed by atoms with van der Waals surface area (Å²) in [4.78, 5) is 32.8. The molecule has 2 N–H and O–H groups in total. The predicted molar refractivity (Wildman–Crippen MR) is 138 cm³/mol. The molecule has 5 heterocycles. The van der Waals surface area contributed by atoms with Gasteiger partial charge in [0.05, 0.1) is 12.2 Å². The molecule has 10 nitrogen and oxygen atoms in total. The first-order chi connectivity index (χ1) is 17.6. The minimum Gasteiger partial charge on any atom is -0.478 e. The summed E-state index contributed by atoms with van der Waals surface area (Å²) in [6.07, 6.45) is 4.39. The van der Waals surface area contributed by atoms with Gasteiger partial charge in [-0.1, -0.05) is 6.07 Å². The maximum atomic E-state index is 12.8. The Hall–Kier alpha value is -4.73. The summed E-state index contributed by atoms with van der Waals surface area (Å²) in [6.45, 7) is 0.374. The molecule has 4 aromatic heterocycles. The highest BCUT2D eigenvalue weighted by Crippen LogP contribution is 2.35. The Morgan fingerprint density at radius 3 is 2.83 bits per heavy atom. The summed E-state index contributed by atoms with van der Waals surface area (Å²) in [5, 5.41) is 8.04. The summed E-state index contributed by atoms with van der Waals surface area (Å²) in [6, 6.07) is 12.9. The van der Waals surface area contributed by atoms with Gasteiger partial charge < -0.3 is 24.7 Å². The van der Waals surface area contributed by atoms with E-state index in [-0.39, 0.29) is 5.91 Å². The highest BCUT2D eigenvalue weighted by molar-refractivity contribution is 6.02. The van der Waals surface area contributed by atoms with Crippen molar-refractivity contribution in [3.05, 3.63) is 54.9 Å². The number of amides is 1. The fourth-order valence-electron chi connectivity index (χ4n) is 4.22. The lowest BCUT2D eigenvalue weighted by molar-refractivity contribution is -0.118. The number of nitrogens with zero attached hydrogens (tertiary/aromatic N) is 5. The second kappa shape index (κ2) is 8.81. The molecule has 0 aliphatic carbocycles. The molecule has 7 bridgehead atoms. The van der Waals surface area contributed by atoms with Gasteiger partial charge in [-0.2, -0.15) is 4.98 Å². The van der Waals surface area contributed by atoms with E-state index in [1.807, 2.05) is 43.4 Å². The van der Waals surface area contributed by atoms with Crippen molar-refractivity contribution in [3.8, 4) is 17.3 Å². The van der Waals surface area contributed by atoms with Crippen LogP contribution in [0.5, 0.6) is 5.88 Å². The average Bonchev–Trinajstić information content (AvgIpc) is 3.32. The number of nitrogens with one attached hydrogen (secondary N) is 2. The first-order valence-electron chi connectivity index (χ1n) is 11.6. The van der Waals surface area contributed by atoms with Gasteiger partial charge in [-0.3, -0.25) is 4.79 Å². The number of hydrogen-bond acceptors (Lipinski definition) is 9. The van der Waals surface area contributed by atoms with Crippen molar-refractivity contribution < 1.29 is 13.9 Å². The Morgan fingerprint density at radius 2 is 1.94 bits per heavy atom. The maximum absolute atomic E-state index is 12.8. The lowest BCUT2D eigenvalue weighted by Crippen LogP contribution is -2.26. The monoisotopic (exact) mass is 481 g/mol. The normalized spacial score (nSPS) is 13.9. The van der Waals surface area contributed by atoms with Crippen LogP contribution in [0.2, 0.25) is 0 Å². The third-order valence-corrected chi connectivity index (χ3v) is 6.14. The number of ether oxygens (including phenoxy) is 1. The number of aromatic nitrogens is 4. The molecule has 0 fully saturated rings. The number of fused-ring (bicyclic) bond motifs is 6. The second-order valence-electron chi connectivity index (χ2n) is 8.45. The molecular formula is C26H23N7O3. The Kier molecular flexibility index (Phi) is 5.33. The molecule has 0 radical (unpaired) electrons. The summed E-state index contributed by atoms with van der Waals surface area (Å²) in [5.74, 6) is 2.77. The fraction of sp³-hybridized carbons (Fsp3) is 0.192. The molecule has 180 valence electrons. The zero-order chi connectivity index (χ0) is 24.6. The van der Waals surface area contributed by atoms with Crippen molar-refractivity contribution >= 4 is 50.9 Å². The fourth-order valence-corrected chi connectivity index (χ4v) is 4.22. The zero-order valence-electron chi connectivity index (χ0n) is 19.8. The summed E-state index contributed by atoms with van der Waals surface area (Å²) >= 11 is 0. The van der Waals surface area contributed by atoms with E-state index in [9.17, 15) is 4.79 Å². The van der Waals surface area contributed by atoms with E-state index in [2.05, 4.69) is 25.6 Å². The summed E-state index contributed by atoms with van der Waals surface area (Å²) in [5.41, 5.74) is 2.74. The molecule has 10 heteroatoms. The van der Waals surface area contributed by atoms with Gasteiger partial charge in [0, 0.05) is 55.4 Å². The van der Waals surface area contributed by atoms with E-state index < -0.39 is 0 Å². The molecular weight excluding hydrogens is 458 g/mol. The molecule has 0 saturated heterocycles. The molecule has 1 aliphatic rings. The van der Waals surface area contributed by atoms with Crippen molar-refractivity contribution in [2.45, 2.75) is 12.8 Å². The van der Waals surface area contributed by atoms with Crippen LogP contribution in [0.15, 0.2) is 59.3 Å². The maximum Gasteiger partial charge on any atom is 0.229 e. The molecule has 6 rings (SSSR count). The summed E-state index contributed by atoms with van der Waals surface area (Å²) < 4.78 is 11.9. The Balaban J connectivity index is 1.53. The van der Waals surface area contributed by atoms with E-state index in [4.69, 9.17) is 14.1 Å². The number of hydrogen-bond donors (Lipinski definition) is 2. The van der Waals surface area contributed by atoms with Crippen molar-refractivity contribution in [2.75, 3.05) is 36.2 Å². The van der Waals surface area contributed by atoms with Crippen molar-refractivity contribution in [1.29, 1.82) is 0 Å². The second-order valence-corrected chi connectivity index (χ2v) is 8.45. The smallest absolute Gasteiger partial charge is 0.229 e. The van der Waals surface area contributed by atoms with Crippen LogP contribution in [0.3, 0.4) is 0 Å². The van der Waals surface area contributed by atoms with E-state index >= 15 is 0 Å². The Bertz CT molecular complexity index is 1610. The number of anilines is 4. The standard InChI is InChI=1S/C26H23N7O3/c1-27-25-17-13-28-22-12-16(17)18(14-29-25)26-30-19-11-15(8-9-20(19)36-26)33(2)24(34)7-4-10-35-23-6-3-5-21(31-22)32-23/h3,5-6,8-9,11-14H,4,7,10H2,1-2H3,(H,27,29)(H,28,31,32). The van der Waals surface area contributed by atoms with Crippen LogP contribution in [-0.2, 0) is 4.79 Å². The molecule has 0 atom stereocenters. The summed E-state index contributed by atoms with van der Waals surface area (Å²) in [7, 11) is 3.57. The minimum atomic E-state index is -0.0152. The van der Waals surface area contributed by atoms with E-state index in [0.29, 0.717) is 59.8 Å². The number of carbonyl (C=O) groups excluding carboxylic acids is 1. The number of pyridine rings is 3. The number of benzene rings is 1. The van der Waals surface area contributed by atoms with Crippen molar-refractivity contribution in [2.24, 2.45) is 0 Å². The van der Waals surface area contributed by atoms with Gasteiger partial charge in [-0.25, -0.2) is 15.0 Å². The molecule has 36 heavy (non-hydrogen) atoms. The lowest BCUT2D eigenvalue weighted by atomic mass is 10.1. The largest absolute Gasteiger partial charge is 0.478 e. The van der Waals surface area contributed by atoms with Crippen LogP contribution >= 0.6 is 0 Å². The molecule has 1 amide bonds. The van der Waals surface area contributed by atoms with E-state index in [0.717, 1.165) is 22.0 Å². The van der Waals surface area contributed by atoms with Gasteiger partial charge in [0.25, 0.3) is 0 Å². The van der Waals surface area contributed by atoms with Crippen LogP contribution in [0, 0.1) is 0 Å². The van der Waals surface area contributed by atoms with Crippen molar-refractivity contribution in [3.63, 3.8) is 0 Å². The third-order valence-electron chi connectivity index (χ3n) is 6.14. The highest BCUT2D eigenvalue weighted by Gasteiger charge is 2.18. The van der Waals surface area contributed by atoms with Gasteiger partial charge in [0.15, 0.2) is 5.58 Å². The van der Waals surface area contributed by atoms with Gasteiger partial charge >= 0.3 is 0 Å². The average molecular weight is 482 g/mol. The van der Waals surface area contributed by atoms with Crippen LogP contribution in [0.4, 0.5) is 23.1 Å². The van der Waals surface area contributed by atoms with Gasteiger partial charge in [-0.05, 0) is 36.8 Å². The highest BCUT2D eigenvalue weighted by atomic mass is 16.5. The first-order valence-corrected chi connectivity index (χ1v) is 11.6. The molecule has 0 spiro atoms. The molecule has 1 aromatic carbocycles. The number of rotatable bonds is 1.